The first-order valence-corrected chi connectivity index (χ1v) is 14.0. The molecule has 11 atom stereocenters. The number of rotatable bonds is 3. The van der Waals surface area contributed by atoms with Gasteiger partial charge in [0.15, 0.2) is 0 Å². The van der Waals surface area contributed by atoms with Gasteiger partial charge in [0.1, 0.15) is 11.9 Å². The molecule has 36 heavy (non-hydrogen) atoms. The van der Waals surface area contributed by atoms with Crippen molar-refractivity contribution in [2.45, 2.75) is 85.4 Å². The smallest absolute Gasteiger partial charge is 0.414 e. The monoisotopic (exact) mass is 500 g/mol. The van der Waals surface area contributed by atoms with E-state index in [1.54, 1.807) is 0 Å². The number of imide groups is 1. The summed E-state index contributed by atoms with van der Waals surface area (Å²) in [6.45, 7) is 13.1. The minimum absolute atomic E-state index is 0.0499. The van der Waals surface area contributed by atoms with Crippen LogP contribution >= 0.6 is 0 Å². The normalized spacial score (nSPS) is 50.0. The fraction of sp³-hybridized carbons (Fsp3) is 0.828. The van der Waals surface area contributed by atoms with Gasteiger partial charge in [0, 0.05) is 36.3 Å². The summed E-state index contributed by atoms with van der Waals surface area (Å²) in [5.74, 6) is -0.0300. The highest BCUT2D eigenvalue weighted by atomic mass is 16.6. The number of hydrogen-bond acceptors (Lipinski definition) is 6. The molecule has 0 aromatic rings. The Labute approximate surface area is 215 Å². The summed E-state index contributed by atoms with van der Waals surface area (Å²) in [6, 6.07) is 0. The zero-order chi connectivity index (χ0) is 26.0. The number of aliphatic hydroxyl groups excluding tert-OH is 1. The van der Waals surface area contributed by atoms with E-state index in [-0.39, 0.29) is 40.8 Å². The average molecular weight is 501 g/mol. The third-order valence-electron chi connectivity index (χ3n) is 11.5. The quantitative estimate of drug-likeness (QED) is 0.570. The Morgan fingerprint density at radius 2 is 1.92 bits per heavy atom. The third kappa shape index (κ3) is 3.71. The van der Waals surface area contributed by atoms with Crippen LogP contribution in [0, 0.1) is 45.8 Å². The van der Waals surface area contributed by atoms with Crippen molar-refractivity contribution in [3.63, 3.8) is 0 Å². The largest absolute Gasteiger partial charge is 0.445 e. The number of carbonyl (C=O) groups excluding carboxylic acids is 3. The van der Waals surface area contributed by atoms with Gasteiger partial charge in [-0.3, -0.25) is 14.9 Å². The zero-order valence-electron chi connectivity index (χ0n) is 22.6. The summed E-state index contributed by atoms with van der Waals surface area (Å²) >= 11 is 0. The van der Waals surface area contributed by atoms with E-state index >= 15 is 0 Å². The van der Waals surface area contributed by atoms with Crippen LogP contribution < -0.4 is 5.32 Å². The highest BCUT2D eigenvalue weighted by Gasteiger charge is 2.68. The standard InChI is InChI=1S/C29H44N2O5/c1-6-10-27(4)14-22(36-26(35)30-25(34)20-16-31-13-9-19(20)15-31)28(5)17(2)7-11-29(18(3)24(27)33)12-8-21(32)23(28)29/h6,10,17-20,22-24,33H,7-9,11-16H2,1-5H3,(H,30,34,35)/b10-6+/t17-,18+,19+,20+,22-,23?,24+,27-,28+,29?/m1/s1. The molecule has 3 unspecified atom stereocenters. The van der Waals surface area contributed by atoms with Crippen molar-refractivity contribution >= 4 is 17.8 Å². The molecule has 0 aromatic carbocycles. The lowest BCUT2D eigenvalue weighted by molar-refractivity contribution is -0.191. The molecule has 0 radical (unpaired) electrons. The van der Waals surface area contributed by atoms with Gasteiger partial charge >= 0.3 is 6.09 Å². The van der Waals surface area contributed by atoms with Crippen molar-refractivity contribution in [2.75, 3.05) is 19.6 Å². The van der Waals surface area contributed by atoms with Crippen LogP contribution in [0.5, 0.6) is 0 Å². The molecular formula is C29H44N2O5. The number of carbonyl (C=O) groups is 3. The summed E-state index contributed by atoms with van der Waals surface area (Å²) in [4.78, 5) is 42.0. The fourth-order valence-electron chi connectivity index (χ4n) is 9.28. The molecular weight excluding hydrogens is 456 g/mol. The molecule has 5 fully saturated rings. The number of alkyl carbamates (subject to hydrolysis) is 1. The molecule has 5 aliphatic rings. The van der Waals surface area contributed by atoms with Gasteiger partial charge in [0.25, 0.3) is 0 Å². The molecule has 4 bridgehead atoms. The van der Waals surface area contributed by atoms with E-state index in [4.69, 9.17) is 4.74 Å². The summed E-state index contributed by atoms with van der Waals surface area (Å²) in [5, 5.41) is 14.3. The number of fused-ring (bicyclic) bond motifs is 2. The van der Waals surface area contributed by atoms with Gasteiger partial charge < -0.3 is 14.7 Å². The molecule has 0 spiro atoms. The molecule has 0 aromatic heterocycles. The number of hydrogen-bond donors (Lipinski definition) is 2. The molecule has 200 valence electrons. The Hall–Kier alpha value is -1.73. The van der Waals surface area contributed by atoms with Gasteiger partial charge in [-0.2, -0.15) is 0 Å². The second-order valence-electron chi connectivity index (χ2n) is 13.2. The number of nitrogens with one attached hydrogen (secondary N) is 1. The van der Waals surface area contributed by atoms with Gasteiger partial charge in [0.05, 0.1) is 12.0 Å². The van der Waals surface area contributed by atoms with E-state index in [9.17, 15) is 19.5 Å². The molecule has 2 N–H and O–H groups in total. The molecule has 2 amide bonds. The molecule has 2 aliphatic heterocycles. The van der Waals surface area contributed by atoms with E-state index in [1.165, 1.54) is 0 Å². The van der Waals surface area contributed by atoms with Crippen LogP contribution in [0.2, 0.25) is 0 Å². The highest BCUT2D eigenvalue weighted by Crippen LogP contribution is 2.68. The van der Waals surface area contributed by atoms with Gasteiger partial charge in [0.2, 0.25) is 5.91 Å². The molecule has 2 saturated heterocycles. The minimum atomic E-state index is -0.719. The van der Waals surface area contributed by atoms with Gasteiger partial charge in [-0.25, -0.2) is 4.79 Å². The maximum atomic E-state index is 13.5. The molecule has 2 heterocycles. The predicted octanol–water partition coefficient (Wildman–Crippen LogP) is 3.94. The van der Waals surface area contributed by atoms with E-state index in [2.05, 4.69) is 31.0 Å². The van der Waals surface area contributed by atoms with Gasteiger partial charge in [-0.1, -0.05) is 39.8 Å². The van der Waals surface area contributed by atoms with Crippen LogP contribution in [-0.2, 0) is 14.3 Å². The van der Waals surface area contributed by atoms with E-state index in [1.807, 2.05) is 26.0 Å². The Morgan fingerprint density at radius 1 is 1.17 bits per heavy atom. The van der Waals surface area contributed by atoms with Crippen molar-refractivity contribution in [2.24, 2.45) is 45.8 Å². The van der Waals surface area contributed by atoms with Crippen LogP contribution in [0.3, 0.4) is 0 Å². The van der Waals surface area contributed by atoms with E-state index in [0.717, 1.165) is 38.8 Å². The lowest BCUT2D eigenvalue weighted by Crippen LogP contribution is -2.63. The lowest BCUT2D eigenvalue weighted by atomic mass is 9.44. The molecule has 3 saturated carbocycles. The number of ether oxygens (including phenoxy) is 1. The summed E-state index contributed by atoms with van der Waals surface area (Å²) in [7, 11) is 0. The van der Waals surface area contributed by atoms with E-state index in [0.29, 0.717) is 25.3 Å². The molecule has 5 rings (SSSR count). The van der Waals surface area contributed by atoms with Crippen LogP contribution in [0.25, 0.3) is 0 Å². The van der Waals surface area contributed by atoms with Crippen LogP contribution in [0.1, 0.15) is 73.1 Å². The number of amides is 2. The lowest BCUT2D eigenvalue weighted by Gasteiger charge is -2.61. The molecule has 7 nitrogen and oxygen atoms in total. The molecule has 7 heteroatoms. The second kappa shape index (κ2) is 8.93. The van der Waals surface area contributed by atoms with Gasteiger partial charge in [-0.05, 0) is 68.7 Å². The van der Waals surface area contributed by atoms with Crippen molar-refractivity contribution < 1.29 is 24.2 Å². The van der Waals surface area contributed by atoms with Crippen molar-refractivity contribution in [3.05, 3.63) is 12.2 Å². The maximum Gasteiger partial charge on any atom is 0.414 e. The summed E-state index contributed by atoms with van der Waals surface area (Å²) in [6.07, 6.45) is 6.54. The highest BCUT2D eigenvalue weighted by molar-refractivity contribution is 5.93. The summed E-state index contributed by atoms with van der Waals surface area (Å²) < 4.78 is 6.19. The van der Waals surface area contributed by atoms with Crippen LogP contribution in [0.15, 0.2) is 12.2 Å². The third-order valence-corrected chi connectivity index (χ3v) is 11.5. The maximum absolute atomic E-state index is 13.5. The van der Waals surface area contributed by atoms with Crippen LogP contribution in [-0.4, -0.2) is 59.6 Å². The number of aliphatic hydroxyl groups is 1. The van der Waals surface area contributed by atoms with Gasteiger partial charge in [-0.15, -0.1) is 0 Å². The summed E-state index contributed by atoms with van der Waals surface area (Å²) in [5.41, 5.74) is -1.49. The number of allylic oxidation sites excluding steroid dienone is 1. The SMILES string of the molecule is C/C=C/[C@]1(C)C[C@@H](OC(=O)NC(=O)[C@H]2CN3CC[C@H]2C3)[C@@]2(C)C3C(=O)CCC3(CC[C@H]2C)[C@@H](C)[C@@H]1O. The fourth-order valence-corrected chi connectivity index (χ4v) is 9.28. The number of piperidine rings is 1. The Kier molecular flexibility index (Phi) is 6.43. The number of nitrogens with zero attached hydrogens (tertiary/aromatic N) is 1. The Balaban J connectivity index is 1.47. The Bertz CT molecular complexity index is 965. The number of Topliss-reactive ketones (excluding diaryl/α,β-unsaturated/α-hetero) is 1. The average Bonchev–Trinajstić information content (AvgIpc) is 3.55. The minimum Gasteiger partial charge on any atom is -0.445 e. The van der Waals surface area contributed by atoms with Crippen molar-refractivity contribution in [3.8, 4) is 0 Å². The molecule has 3 aliphatic carbocycles. The first kappa shape index (κ1) is 25.9. The van der Waals surface area contributed by atoms with Crippen LogP contribution in [0.4, 0.5) is 4.79 Å². The first-order chi connectivity index (χ1) is 17.0. The Morgan fingerprint density at radius 3 is 2.56 bits per heavy atom. The zero-order valence-corrected chi connectivity index (χ0v) is 22.6. The topological polar surface area (TPSA) is 95.9 Å². The second-order valence-corrected chi connectivity index (χ2v) is 13.2. The number of ketones is 1. The van der Waals surface area contributed by atoms with Crippen molar-refractivity contribution in [1.29, 1.82) is 0 Å². The van der Waals surface area contributed by atoms with Crippen molar-refractivity contribution in [1.82, 2.24) is 10.2 Å². The van der Waals surface area contributed by atoms with E-state index < -0.39 is 29.1 Å². The first-order valence-electron chi connectivity index (χ1n) is 14.0. The predicted molar refractivity (Wildman–Crippen MR) is 136 cm³/mol.